The van der Waals surface area contributed by atoms with Crippen LogP contribution in [0.4, 0.5) is 4.39 Å². The van der Waals surface area contributed by atoms with Gasteiger partial charge in [-0.25, -0.2) is 4.39 Å². The second kappa shape index (κ2) is 6.26. The van der Waals surface area contributed by atoms with Crippen molar-refractivity contribution in [3.63, 3.8) is 0 Å². The molecule has 19 heavy (non-hydrogen) atoms. The van der Waals surface area contributed by atoms with Crippen molar-refractivity contribution in [3.05, 3.63) is 43.6 Å². The Morgan fingerprint density at radius 1 is 1.53 bits per heavy atom. The standard InChI is InChI=1S/C12H12BrClFN3S/c1-2-3-8-12(19-18-17-8)11(16)6-4-5-7(13)9(14)10(6)15/h4-5,11H,2-3,16H2,1H3. The summed E-state index contributed by atoms with van der Waals surface area (Å²) in [6.45, 7) is 2.05. The van der Waals surface area contributed by atoms with E-state index < -0.39 is 11.9 Å². The minimum absolute atomic E-state index is 0.0440. The van der Waals surface area contributed by atoms with Crippen LogP contribution < -0.4 is 5.73 Å². The summed E-state index contributed by atoms with van der Waals surface area (Å²) in [5, 5.41) is 4.09. The van der Waals surface area contributed by atoms with E-state index in [1.54, 1.807) is 12.1 Å². The maximum atomic E-state index is 14.1. The molecule has 0 aliphatic heterocycles. The maximum absolute atomic E-state index is 14.1. The summed E-state index contributed by atoms with van der Waals surface area (Å²) in [4.78, 5) is 0.791. The van der Waals surface area contributed by atoms with E-state index in [9.17, 15) is 4.39 Å². The van der Waals surface area contributed by atoms with Gasteiger partial charge in [-0.15, -0.1) is 5.10 Å². The molecule has 2 rings (SSSR count). The molecule has 0 saturated heterocycles. The number of rotatable bonds is 4. The first-order valence-electron chi connectivity index (χ1n) is 5.76. The van der Waals surface area contributed by atoms with Gasteiger partial charge in [0.25, 0.3) is 0 Å². The number of aryl methyl sites for hydroxylation is 1. The molecule has 0 bridgehead atoms. The molecule has 2 aromatic rings. The molecule has 0 saturated carbocycles. The van der Waals surface area contributed by atoms with Crippen LogP contribution in [0.15, 0.2) is 16.6 Å². The molecule has 7 heteroatoms. The normalized spacial score (nSPS) is 12.7. The van der Waals surface area contributed by atoms with Crippen LogP contribution in [0.5, 0.6) is 0 Å². The van der Waals surface area contributed by atoms with Crippen LogP contribution in [-0.4, -0.2) is 9.59 Å². The van der Waals surface area contributed by atoms with Crippen molar-refractivity contribution in [2.45, 2.75) is 25.8 Å². The zero-order chi connectivity index (χ0) is 14.0. The van der Waals surface area contributed by atoms with Gasteiger partial charge < -0.3 is 5.73 Å². The van der Waals surface area contributed by atoms with Crippen molar-refractivity contribution in [1.82, 2.24) is 9.59 Å². The molecule has 2 N–H and O–H groups in total. The largest absolute Gasteiger partial charge is 0.319 e. The average Bonchev–Trinajstić information content (AvgIpc) is 2.84. The lowest BCUT2D eigenvalue weighted by Crippen LogP contribution is -2.14. The van der Waals surface area contributed by atoms with Crippen LogP contribution in [-0.2, 0) is 6.42 Å². The molecule has 0 aliphatic carbocycles. The summed E-state index contributed by atoms with van der Waals surface area (Å²) < 4.78 is 18.6. The van der Waals surface area contributed by atoms with Crippen LogP contribution >= 0.6 is 39.1 Å². The highest BCUT2D eigenvalue weighted by Gasteiger charge is 2.22. The quantitative estimate of drug-likeness (QED) is 0.831. The molecule has 3 nitrogen and oxygen atoms in total. The second-order valence-electron chi connectivity index (χ2n) is 4.08. The van der Waals surface area contributed by atoms with Crippen LogP contribution in [0.3, 0.4) is 0 Å². The molecular formula is C12H12BrClFN3S. The first-order chi connectivity index (χ1) is 9.06. The Labute approximate surface area is 128 Å². The summed E-state index contributed by atoms with van der Waals surface area (Å²) in [5.74, 6) is -0.501. The van der Waals surface area contributed by atoms with E-state index in [1.165, 1.54) is 11.5 Å². The summed E-state index contributed by atoms with van der Waals surface area (Å²) in [6, 6.07) is 2.73. The van der Waals surface area contributed by atoms with E-state index in [2.05, 4.69) is 25.5 Å². The molecule has 0 aliphatic rings. The summed E-state index contributed by atoms with van der Waals surface area (Å²) in [6.07, 6.45) is 1.72. The van der Waals surface area contributed by atoms with Gasteiger partial charge in [0.1, 0.15) is 5.82 Å². The lowest BCUT2D eigenvalue weighted by Gasteiger charge is -2.13. The molecule has 0 radical (unpaired) electrons. The van der Waals surface area contributed by atoms with E-state index in [4.69, 9.17) is 17.3 Å². The predicted molar refractivity (Wildman–Crippen MR) is 79.0 cm³/mol. The summed E-state index contributed by atoms with van der Waals surface area (Å²) >= 11 is 10.3. The number of aromatic nitrogens is 2. The smallest absolute Gasteiger partial charge is 0.148 e. The SMILES string of the molecule is CCCc1nnsc1C(N)c1ccc(Br)c(Cl)c1F. The number of nitrogens with zero attached hydrogens (tertiary/aromatic N) is 2. The van der Waals surface area contributed by atoms with Gasteiger partial charge in [0.2, 0.25) is 0 Å². The maximum Gasteiger partial charge on any atom is 0.148 e. The average molecular weight is 365 g/mol. The Morgan fingerprint density at radius 3 is 2.95 bits per heavy atom. The fourth-order valence-corrected chi connectivity index (χ4v) is 2.98. The highest BCUT2D eigenvalue weighted by molar-refractivity contribution is 9.10. The number of hydrogen-bond acceptors (Lipinski definition) is 4. The second-order valence-corrected chi connectivity index (χ2v) is 6.09. The minimum atomic E-state index is -0.591. The van der Waals surface area contributed by atoms with Crippen molar-refractivity contribution < 1.29 is 4.39 Å². The van der Waals surface area contributed by atoms with Crippen molar-refractivity contribution >= 4 is 39.1 Å². The lowest BCUT2D eigenvalue weighted by atomic mass is 10.0. The van der Waals surface area contributed by atoms with Gasteiger partial charge in [-0.2, -0.15) is 0 Å². The molecule has 1 aromatic heterocycles. The molecule has 1 atom stereocenters. The van der Waals surface area contributed by atoms with Gasteiger partial charge in [0.15, 0.2) is 0 Å². The van der Waals surface area contributed by atoms with Gasteiger partial charge in [-0.05, 0) is 39.9 Å². The van der Waals surface area contributed by atoms with E-state index in [1.807, 2.05) is 6.92 Å². The Balaban J connectivity index is 2.41. The van der Waals surface area contributed by atoms with Gasteiger partial charge in [-0.3, -0.25) is 0 Å². The molecule has 0 fully saturated rings. The first-order valence-corrected chi connectivity index (χ1v) is 7.70. The third-order valence-corrected chi connectivity index (χ3v) is 4.86. The minimum Gasteiger partial charge on any atom is -0.319 e. The number of halogens is 3. The molecule has 1 aromatic carbocycles. The topological polar surface area (TPSA) is 51.8 Å². The Bertz CT molecular complexity index is 590. The number of nitrogens with two attached hydrogens (primary N) is 1. The van der Waals surface area contributed by atoms with E-state index in [0.29, 0.717) is 10.0 Å². The number of benzene rings is 1. The first kappa shape index (κ1) is 14.8. The summed E-state index contributed by atoms with van der Waals surface area (Å²) in [5.41, 5.74) is 7.32. The molecule has 102 valence electrons. The molecule has 1 unspecified atom stereocenters. The zero-order valence-corrected chi connectivity index (χ0v) is 13.3. The Hall–Kier alpha value is -0.560. The van der Waals surface area contributed by atoms with Crippen molar-refractivity contribution in [1.29, 1.82) is 0 Å². The van der Waals surface area contributed by atoms with Gasteiger partial charge in [0.05, 0.1) is 21.6 Å². The predicted octanol–water partition coefficient (Wildman–Crippen LogP) is 4.09. The molecular weight excluding hydrogens is 353 g/mol. The van der Waals surface area contributed by atoms with E-state index >= 15 is 0 Å². The van der Waals surface area contributed by atoms with Crippen LogP contribution in [0.25, 0.3) is 0 Å². The number of hydrogen-bond donors (Lipinski definition) is 1. The van der Waals surface area contributed by atoms with Gasteiger partial charge in [0, 0.05) is 10.0 Å². The fraction of sp³-hybridized carbons (Fsp3) is 0.333. The molecule has 1 heterocycles. The fourth-order valence-electron chi connectivity index (χ4n) is 1.78. The third-order valence-electron chi connectivity index (χ3n) is 2.75. The van der Waals surface area contributed by atoms with Crippen molar-refractivity contribution in [2.24, 2.45) is 5.73 Å². The zero-order valence-electron chi connectivity index (χ0n) is 10.2. The molecule has 0 amide bonds. The van der Waals surface area contributed by atoms with Crippen molar-refractivity contribution in [3.8, 4) is 0 Å². The Kier molecular flexibility index (Phi) is 4.89. The van der Waals surface area contributed by atoms with E-state index in [-0.39, 0.29) is 5.02 Å². The van der Waals surface area contributed by atoms with Gasteiger partial charge in [-0.1, -0.05) is 35.5 Å². The van der Waals surface area contributed by atoms with Crippen LogP contribution in [0, 0.1) is 5.82 Å². The van der Waals surface area contributed by atoms with Gasteiger partial charge >= 0.3 is 0 Å². The molecule has 0 spiro atoms. The monoisotopic (exact) mass is 363 g/mol. The lowest BCUT2D eigenvalue weighted by molar-refractivity contribution is 0.599. The summed E-state index contributed by atoms with van der Waals surface area (Å²) in [7, 11) is 0. The van der Waals surface area contributed by atoms with Crippen LogP contribution in [0.1, 0.15) is 35.5 Å². The van der Waals surface area contributed by atoms with Crippen LogP contribution in [0.2, 0.25) is 5.02 Å². The highest BCUT2D eigenvalue weighted by Crippen LogP contribution is 2.33. The van der Waals surface area contributed by atoms with E-state index in [0.717, 1.165) is 23.4 Å². The highest BCUT2D eigenvalue weighted by atomic mass is 79.9. The van der Waals surface area contributed by atoms with Crippen molar-refractivity contribution in [2.75, 3.05) is 0 Å². The third kappa shape index (κ3) is 2.97. The Morgan fingerprint density at radius 2 is 2.26 bits per heavy atom.